The molecule has 1 N–H and O–H groups in total. The molecule has 1 atom stereocenters. The van der Waals surface area contributed by atoms with E-state index >= 15 is 0 Å². The first-order valence-electron chi connectivity index (χ1n) is 8.87. The van der Waals surface area contributed by atoms with Crippen LogP contribution in [-0.2, 0) is 16.6 Å². The third kappa shape index (κ3) is 3.60. The first kappa shape index (κ1) is 19.1. The highest BCUT2D eigenvalue weighted by atomic mass is 32.1. The number of nitrogens with zero attached hydrogens (tertiary/aromatic N) is 3. The van der Waals surface area contributed by atoms with E-state index in [1.165, 1.54) is 0 Å². The molecule has 2 heterocycles. The van der Waals surface area contributed by atoms with Gasteiger partial charge in [0.25, 0.3) is 0 Å². The monoisotopic (exact) mass is 384 g/mol. The molecule has 142 valence electrons. The molecule has 0 saturated carbocycles. The Morgan fingerprint density at radius 1 is 1.33 bits per heavy atom. The van der Waals surface area contributed by atoms with Crippen LogP contribution in [0, 0.1) is 13.8 Å². The fourth-order valence-electron chi connectivity index (χ4n) is 3.31. The van der Waals surface area contributed by atoms with E-state index in [2.05, 4.69) is 28.6 Å². The van der Waals surface area contributed by atoms with Gasteiger partial charge in [0.15, 0.2) is 5.11 Å². The fourth-order valence-corrected chi connectivity index (χ4v) is 3.66. The number of hydrogen-bond donors (Lipinski definition) is 1. The Morgan fingerprint density at radius 2 is 2.07 bits per heavy atom. The van der Waals surface area contributed by atoms with Gasteiger partial charge in [0.05, 0.1) is 30.1 Å². The van der Waals surface area contributed by atoms with Crippen molar-refractivity contribution >= 4 is 29.0 Å². The van der Waals surface area contributed by atoms with E-state index in [9.17, 15) is 4.79 Å². The van der Waals surface area contributed by atoms with Crippen LogP contribution >= 0.6 is 12.2 Å². The first-order chi connectivity index (χ1) is 12.8. The number of anilines is 1. The maximum absolute atomic E-state index is 12.8. The summed E-state index contributed by atoms with van der Waals surface area (Å²) in [6, 6.07) is 5.78. The van der Waals surface area contributed by atoms with Crippen LogP contribution in [0.1, 0.15) is 36.6 Å². The lowest BCUT2D eigenvalue weighted by Gasteiger charge is -2.37. The number of aryl methyl sites for hydroxylation is 3. The van der Waals surface area contributed by atoms with E-state index in [4.69, 9.17) is 17.0 Å². The molecule has 27 heavy (non-hydrogen) atoms. The topological polar surface area (TPSA) is 59.4 Å². The van der Waals surface area contributed by atoms with E-state index in [0.29, 0.717) is 17.3 Å². The van der Waals surface area contributed by atoms with Crippen LogP contribution in [0.3, 0.4) is 0 Å². The lowest BCUT2D eigenvalue weighted by Crippen LogP contribution is -2.48. The van der Waals surface area contributed by atoms with E-state index in [1.54, 1.807) is 17.8 Å². The Hall–Kier alpha value is -2.67. The number of esters is 1. The van der Waals surface area contributed by atoms with Crippen LogP contribution < -0.4 is 10.2 Å². The SMILES string of the molecule is CCOC(=O)C1=C(C)N(c2cc(C)ccc2C)C(=S)NC1c1cnn(C)c1. The second kappa shape index (κ2) is 7.52. The molecular formula is C20H24N4O2S. The van der Waals surface area contributed by atoms with Crippen molar-refractivity contribution in [3.63, 3.8) is 0 Å². The smallest absolute Gasteiger partial charge is 0.338 e. The van der Waals surface area contributed by atoms with Crippen molar-refractivity contribution in [1.29, 1.82) is 0 Å². The molecule has 1 aliphatic rings. The lowest BCUT2D eigenvalue weighted by molar-refractivity contribution is -0.139. The van der Waals surface area contributed by atoms with Crippen LogP contribution in [-0.4, -0.2) is 27.5 Å². The Kier molecular flexibility index (Phi) is 5.32. The molecule has 1 unspecified atom stereocenters. The largest absolute Gasteiger partial charge is 0.463 e. The van der Waals surface area contributed by atoms with Crippen molar-refractivity contribution in [2.24, 2.45) is 7.05 Å². The third-order valence-electron chi connectivity index (χ3n) is 4.64. The number of thiocarbonyl (C=S) groups is 1. The molecule has 0 spiro atoms. The molecule has 0 aliphatic carbocycles. The maximum atomic E-state index is 12.8. The van der Waals surface area contributed by atoms with Gasteiger partial charge < -0.3 is 10.1 Å². The molecule has 0 saturated heterocycles. The number of aromatic nitrogens is 2. The van der Waals surface area contributed by atoms with Crippen LogP contribution in [0.2, 0.25) is 0 Å². The number of benzene rings is 1. The number of ether oxygens (including phenoxy) is 1. The maximum Gasteiger partial charge on any atom is 0.338 e. The summed E-state index contributed by atoms with van der Waals surface area (Å²) in [4.78, 5) is 14.7. The number of carbonyl (C=O) groups is 1. The van der Waals surface area contributed by atoms with Crippen LogP contribution in [0.5, 0.6) is 0 Å². The summed E-state index contributed by atoms with van der Waals surface area (Å²) in [7, 11) is 1.84. The van der Waals surface area contributed by atoms with Gasteiger partial charge in [-0.05, 0) is 57.1 Å². The third-order valence-corrected chi connectivity index (χ3v) is 4.94. The van der Waals surface area contributed by atoms with E-state index in [1.807, 2.05) is 38.9 Å². The summed E-state index contributed by atoms with van der Waals surface area (Å²) in [5.74, 6) is -0.353. The van der Waals surface area contributed by atoms with Crippen molar-refractivity contribution in [2.45, 2.75) is 33.7 Å². The van der Waals surface area contributed by atoms with Gasteiger partial charge in [-0.2, -0.15) is 5.10 Å². The fraction of sp³-hybridized carbons (Fsp3) is 0.350. The molecule has 1 aliphatic heterocycles. The summed E-state index contributed by atoms with van der Waals surface area (Å²) in [6.45, 7) is 8.08. The standard InChI is InChI=1S/C20H24N4O2S/c1-6-26-19(25)17-14(4)24(16-9-12(2)7-8-13(16)3)20(27)22-18(17)15-10-21-23(5)11-15/h7-11,18H,6H2,1-5H3,(H,22,27). The minimum Gasteiger partial charge on any atom is -0.463 e. The van der Waals surface area contributed by atoms with Crippen molar-refractivity contribution in [3.05, 3.63) is 58.6 Å². The molecule has 0 bridgehead atoms. The molecule has 0 fully saturated rings. The lowest BCUT2D eigenvalue weighted by atomic mass is 9.96. The minimum atomic E-state index is -0.397. The zero-order valence-corrected chi connectivity index (χ0v) is 17.1. The highest BCUT2D eigenvalue weighted by Gasteiger charge is 2.36. The van der Waals surface area contributed by atoms with Crippen LogP contribution in [0.4, 0.5) is 5.69 Å². The molecule has 1 aromatic heterocycles. The number of carbonyl (C=O) groups excluding carboxylic acids is 1. The first-order valence-corrected chi connectivity index (χ1v) is 9.28. The zero-order chi connectivity index (χ0) is 19.7. The number of rotatable bonds is 4. The molecule has 0 radical (unpaired) electrons. The molecule has 3 rings (SSSR count). The van der Waals surface area contributed by atoms with Gasteiger partial charge in [-0.25, -0.2) is 4.79 Å². The average molecular weight is 385 g/mol. The molecule has 7 heteroatoms. The van der Waals surface area contributed by atoms with Gasteiger partial charge in [-0.15, -0.1) is 0 Å². The number of nitrogens with one attached hydrogen (secondary N) is 1. The Labute approximate surface area is 164 Å². The Balaban J connectivity index is 2.16. The molecule has 6 nitrogen and oxygen atoms in total. The predicted octanol–water partition coefficient (Wildman–Crippen LogP) is 3.31. The quantitative estimate of drug-likeness (QED) is 0.645. The summed E-state index contributed by atoms with van der Waals surface area (Å²) >= 11 is 5.68. The van der Waals surface area contributed by atoms with Gasteiger partial charge in [-0.3, -0.25) is 9.58 Å². The second-order valence-electron chi connectivity index (χ2n) is 6.67. The highest BCUT2D eigenvalue weighted by Crippen LogP contribution is 2.35. The van der Waals surface area contributed by atoms with E-state index < -0.39 is 6.04 Å². The predicted molar refractivity (Wildman–Crippen MR) is 109 cm³/mol. The van der Waals surface area contributed by atoms with Gasteiger partial charge >= 0.3 is 5.97 Å². The van der Waals surface area contributed by atoms with Gasteiger partial charge in [0, 0.05) is 24.5 Å². The Bertz CT molecular complexity index is 932. The average Bonchev–Trinajstić information content (AvgIpc) is 3.04. The molecule has 1 aromatic carbocycles. The van der Waals surface area contributed by atoms with Gasteiger partial charge in [0.2, 0.25) is 0 Å². The summed E-state index contributed by atoms with van der Waals surface area (Å²) in [5, 5.41) is 8.08. The number of allylic oxidation sites excluding steroid dienone is 1. The highest BCUT2D eigenvalue weighted by molar-refractivity contribution is 7.80. The van der Waals surface area contributed by atoms with Crippen molar-refractivity contribution in [1.82, 2.24) is 15.1 Å². The van der Waals surface area contributed by atoms with Gasteiger partial charge in [0.1, 0.15) is 0 Å². The molecule has 2 aromatic rings. The van der Waals surface area contributed by atoms with E-state index in [0.717, 1.165) is 28.1 Å². The molecule has 0 amide bonds. The summed E-state index contributed by atoms with van der Waals surface area (Å²) in [6.07, 6.45) is 3.61. The van der Waals surface area contributed by atoms with Crippen LogP contribution in [0.15, 0.2) is 41.9 Å². The summed E-state index contributed by atoms with van der Waals surface area (Å²) in [5.41, 5.74) is 5.32. The van der Waals surface area contributed by atoms with Crippen molar-refractivity contribution < 1.29 is 9.53 Å². The zero-order valence-electron chi connectivity index (χ0n) is 16.2. The van der Waals surface area contributed by atoms with Crippen molar-refractivity contribution in [3.8, 4) is 0 Å². The molecular weight excluding hydrogens is 360 g/mol. The van der Waals surface area contributed by atoms with Gasteiger partial charge in [-0.1, -0.05) is 12.1 Å². The minimum absolute atomic E-state index is 0.309. The Morgan fingerprint density at radius 3 is 2.70 bits per heavy atom. The van der Waals surface area contributed by atoms with E-state index in [-0.39, 0.29) is 5.97 Å². The normalized spacial score (nSPS) is 17.1. The van der Waals surface area contributed by atoms with Crippen LogP contribution in [0.25, 0.3) is 0 Å². The summed E-state index contributed by atoms with van der Waals surface area (Å²) < 4.78 is 7.05. The second-order valence-corrected chi connectivity index (χ2v) is 7.06. The number of hydrogen-bond acceptors (Lipinski definition) is 4. The van der Waals surface area contributed by atoms with Crippen molar-refractivity contribution in [2.75, 3.05) is 11.5 Å².